The number of hydrogen-bond donors (Lipinski definition) is 1. The molecule has 150 valence electrons. The van der Waals surface area contributed by atoms with Gasteiger partial charge in [0.2, 0.25) is 0 Å². The molecule has 2 aromatic carbocycles. The van der Waals surface area contributed by atoms with Gasteiger partial charge in [0.1, 0.15) is 12.4 Å². The predicted octanol–water partition coefficient (Wildman–Crippen LogP) is 2.70. The smallest absolute Gasteiger partial charge is 0.338 e. The minimum absolute atomic E-state index is 0.196. The number of nitrogens with one attached hydrogen (secondary N) is 1. The zero-order valence-corrected chi connectivity index (χ0v) is 16.2. The second kappa shape index (κ2) is 9.45. The van der Waals surface area contributed by atoms with Crippen LogP contribution in [0.2, 0.25) is 0 Å². The summed E-state index contributed by atoms with van der Waals surface area (Å²) < 4.78 is 12.3. The van der Waals surface area contributed by atoms with Crippen molar-refractivity contribution in [2.24, 2.45) is 0 Å². The number of aryl methyl sites for hydroxylation is 1. The molecule has 1 amide bonds. The Bertz CT molecular complexity index is 985. The molecule has 3 rings (SSSR count). The summed E-state index contributed by atoms with van der Waals surface area (Å²) in [6.45, 7) is 4.83. The van der Waals surface area contributed by atoms with Gasteiger partial charge in [-0.25, -0.2) is 9.48 Å². The van der Waals surface area contributed by atoms with Crippen molar-refractivity contribution < 1.29 is 19.1 Å². The Kier molecular flexibility index (Phi) is 6.51. The average molecular weight is 395 g/mol. The van der Waals surface area contributed by atoms with Crippen LogP contribution in [0.5, 0.6) is 5.75 Å². The summed E-state index contributed by atoms with van der Waals surface area (Å²) in [6.07, 6.45) is 0. The maximum Gasteiger partial charge on any atom is 0.338 e. The standard InChI is InChI=1S/C20H21N5O4/c1-3-25-18(22-23-24-25)13-29-17-7-5-6-15(12-17)19(26)21-16-10-8-14(9-11-16)20(27)28-4-2/h5-12H,3-4,13H2,1-2H3,(H,21,26). The molecule has 0 aliphatic heterocycles. The van der Waals surface area contributed by atoms with E-state index in [9.17, 15) is 9.59 Å². The van der Waals surface area contributed by atoms with Gasteiger partial charge in [-0.1, -0.05) is 6.07 Å². The maximum absolute atomic E-state index is 12.5. The first-order valence-electron chi connectivity index (χ1n) is 9.17. The van der Waals surface area contributed by atoms with Crippen LogP contribution in [0.15, 0.2) is 48.5 Å². The van der Waals surface area contributed by atoms with Gasteiger partial charge in [0, 0.05) is 17.8 Å². The van der Waals surface area contributed by atoms with Gasteiger partial charge in [-0.15, -0.1) is 5.10 Å². The number of anilines is 1. The Balaban J connectivity index is 1.62. The van der Waals surface area contributed by atoms with Crippen molar-refractivity contribution in [2.75, 3.05) is 11.9 Å². The largest absolute Gasteiger partial charge is 0.486 e. The van der Waals surface area contributed by atoms with Crippen LogP contribution in [-0.2, 0) is 17.9 Å². The molecule has 3 aromatic rings. The van der Waals surface area contributed by atoms with E-state index in [1.165, 1.54) is 0 Å². The fourth-order valence-electron chi connectivity index (χ4n) is 2.55. The lowest BCUT2D eigenvalue weighted by Crippen LogP contribution is -2.12. The van der Waals surface area contributed by atoms with Crippen LogP contribution in [0.4, 0.5) is 5.69 Å². The third kappa shape index (κ3) is 5.16. The molecule has 0 aliphatic rings. The number of carbonyl (C=O) groups excluding carboxylic acids is 2. The van der Waals surface area contributed by atoms with Crippen molar-refractivity contribution in [1.29, 1.82) is 0 Å². The number of ether oxygens (including phenoxy) is 2. The Morgan fingerprint density at radius 1 is 1.07 bits per heavy atom. The Morgan fingerprint density at radius 2 is 1.86 bits per heavy atom. The minimum Gasteiger partial charge on any atom is -0.486 e. The molecule has 0 spiro atoms. The number of tetrazole rings is 1. The second-order valence-electron chi connectivity index (χ2n) is 5.98. The molecule has 0 bridgehead atoms. The normalized spacial score (nSPS) is 10.4. The molecule has 1 heterocycles. The topological polar surface area (TPSA) is 108 Å². The van der Waals surface area contributed by atoms with Crippen LogP contribution < -0.4 is 10.1 Å². The van der Waals surface area contributed by atoms with Crippen LogP contribution in [0, 0.1) is 0 Å². The summed E-state index contributed by atoms with van der Waals surface area (Å²) in [5.41, 5.74) is 1.43. The SMILES string of the molecule is CCOC(=O)c1ccc(NC(=O)c2cccc(OCc3nnnn3CC)c2)cc1. The minimum atomic E-state index is -0.399. The Labute approximate surface area is 167 Å². The summed E-state index contributed by atoms with van der Waals surface area (Å²) in [7, 11) is 0. The first kappa shape index (κ1) is 20.0. The predicted molar refractivity (Wildman–Crippen MR) is 105 cm³/mol. The molecule has 9 heteroatoms. The van der Waals surface area contributed by atoms with Crippen LogP contribution >= 0.6 is 0 Å². The molecule has 9 nitrogen and oxygen atoms in total. The van der Waals surface area contributed by atoms with Crippen molar-refractivity contribution in [3.63, 3.8) is 0 Å². The highest BCUT2D eigenvalue weighted by Crippen LogP contribution is 2.17. The Morgan fingerprint density at radius 3 is 2.59 bits per heavy atom. The van der Waals surface area contributed by atoms with Gasteiger partial charge in [0.05, 0.1) is 12.2 Å². The second-order valence-corrected chi connectivity index (χ2v) is 5.98. The van der Waals surface area contributed by atoms with Crippen LogP contribution in [-0.4, -0.2) is 38.7 Å². The first-order chi connectivity index (χ1) is 14.1. The van der Waals surface area contributed by atoms with Gasteiger partial charge >= 0.3 is 5.97 Å². The van der Waals surface area contributed by atoms with Crippen molar-refractivity contribution in [3.05, 3.63) is 65.5 Å². The van der Waals surface area contributed by atoms with Gasteiger partial charge in [-0.2, -0.15) is 0 Å². The van der Waals surface area contributed by atoms with E-state index in [-0.39, 0.29) is 12.5 Å². The summed E-state index contributed by atoms with van der Waals surface area (Å²) >= 11 is 0. The lowest BCUT2D eigenvalue weighted by molar-refractivity contribution is 0.0526. The summed E-state index contributed by atoms with van der Waals surface area (Å²) in [6, 6.07) is 13.3. The molecule has 1 N–H and O–H groups in total. The van der Waals surface area contributed by atoms with Crippen molar-refractivity contribution in [3.8, 4) is 5.75 Å². The fourth-order valence-corrected chi connectivity index (χ4v) is 2.55. The van der Waals surface area contributed by atoms with E-state index in [0.717, 1.165) is 0 Å². The molecule has 0 radical (unpaired) electrons. The zero-order valence-electron chi connectivity index (χ0n) is 16.2. The number of carbonyl (C=O) groups is 2. The molecule has 0 saturated heterocycles. The number of rotatable bonds is 8. The third-order valence-electron chi connectivity index (χ3n) is 4.02. The van der Waals surface area contributed by atoms with E-state index in [1.807, 2.05) is 6.92 Å². The molecule has 0 unspecified atom stereocenters. The number of benzene rings is 2. The fraction of sp³-hybridized carbons (Fsp3) is 0.250. The van der Waals surface area contributed by atoms with Gasteiger partial charge in [0.15, 0.2) is 5.82 Å². The van der Waals surface area contributed by atoms with Crippen molar-refractivity contribution in [2.45, 2.75) is 27.0 Å². The van der Waals surface area contributed by atoms with E-state index < -0.39 is 5.97 Å². The van der Waals surface area contributed by atoms with E-state index in [2.05, 4.69) is 20.8 Å². The summed E-state index contributed by atoms with van der Waals surface area (Å²) in [4.78, 5) is 24.2. The molecule has 0 aliphatic carbocycles. The monoisotopic (exact) mass is 395 g/mol. The van der Waals surface area contributed by atoms with Crippen LogP contribution in [0.1, 0.15) is 40.4 Å². The van der Waals surface area contributed by atoms with Crippen molar-refractivity contribution >= 4 is 17.6 Å². The lowest BCUT2D eigenvalue weighted by atomic mass is 10.1. The highest BCUT2D eigenvalue weighted by molar-refractivity contribution is 6.04. The quantitative estimate of drug-likeness (QED) is 0.584. The molecule has 1 aromatic heterocycles. The average Bonchev–Trinajstić information content (AvgIpc) is 3.21. The molecule has 29 heavy (non-hydrogen) atoms. The summed E-state index contributed by atoms with van der Waals surface area (Å²) in [5, 5.41) is 14.2. The molecule has 0 saturated carbocycles. The highest BCUT2D eigenvalue weighted by Gasteiger charge is 2.11. The molecular formula is C20H21N5O4. The number of nitrogens with zero attached hydrogens (tertiary/aromatic N) is 4. The van der Waals surface area contributed by atoms with E-state index in [1.54, 1.807) is 60.1 Å². The molecule has 0 fully saturated rings. The van der Waals surface area contributed by atoms with E-state index >= 15 is 0 Å². The highest BCUT2D eigenvalue weighted by atomic mass is 16.5. The number of aromatic nitrogens is 4. The molecular weight excluding hydrogens is 374 g/mol. The van der Waals surface area contributed by atoms with E-state index in [0.29, 0.717) is 41.5 Å². The van der Waals surface area contributed by atoms with Gasteiger partial charge in [-0.05, 0) is 66.7 Å². The number of amides is 1. The van der Waals surface area contributed by atoms with Crippen molar-refractivity contribution in [1.82, 2.24) is 20.2 Å². The van der Waals surface area contributed by atoms with Gasteiger partial charge < -0.3 is 14.8 Å². The Hall–Kier alpha value is -3.75. The molecule has 0 atom stereocenters. The van der Waals surface area contributed by atoms with Crippen LogP contribution in [0.3, 0.4) is 0 Å². The van der Waals surface area contributed by atoms with Crippen LogP contribution in [0.25, 0.3) is 0 Å². The number of hydrogen-bond acceptors (Lipinski definition) is 7. The van der Waals surface area contributed by atoms with Gasteiger partial charge in [-0.3, -0.25) is 4.79 Å². The van der Waals surface area contributed by atoms with E-state index in [4.69, 9.17) is 9.47 Å². The maximum atomic E-state index is 12.5. The number of esters is 1. The van der Waals surface area contributed by atoms with Gasteiger partial charge in [0.25, 0.3) is 5.91 Å². The lowest BCUT2D eigenvalue weighted by Gasteiger charge is -2.09. The zero-order chi connectivity index (χ0) is 20.6. The summed E-state index contributed by atoms with van der Waals surface area (Å²) in [5.74, 6) is 0.437. The third-order valence-corrected chi connectivity index (χ3v) is 4.02. The first-order valence-corrected chi connectivity index (χ1v) is 9.17.